The highest BCUT2D eigenvalue weighted by Gasteiger charge is 2.29. The Labute approximate surface area is 157 Å². The van der Waals surface area contributed by atoms with E-state index in [1.165, 1.54) is 22.3 Å². The van der Waals surface area contributed by atoms with Crippen molar-refractivity contribution in [3.05, 3.63) is 59.2 Å². The number of fused-ring (bicyclic) bond motifs is 1. The van der Waals surface area contributed by atoms with Crippen LogP contribution >= 0.6 is 0 Å². The molecule has 0 radical (unpaired) electrons. The number of carbonyl (C=O) groups is 1. The third kappa shape index (κ3) is 4.16. The summed E-state index contributed by atoms with van der Waals surface area (Å²) in [6.45, 7) is 9.06. The van der Waals surface area contributed by atoms with Gasteiger partial charge in [0.15, 0.2) is 0 Å². The van der Waals surface area contributed by atoms with Crippen molar-refractivity contribution in [2.45, 2.75) is 39.5 Å². The first kappa shape index (κ1) is 18.7. The third-order valence-corrected chi connectivity index (χ3v) is 5.41. The molecule has 2 N–H and O–H groups in total. The fourth-order valence-corrected chi connectivity index (χ4v) is 3.78. The minimum Gasteiger partial charge on any atom is -0.359 e. The number of rotatable bonds is 3. The van der Waals surface area contributed by atoms with Crippen LogP contribution in [0.3, 0.4) is 0 Å². The largest absolute Gasteiger partial charge is 0.359 e. The number of hydrogen-bond acceptors (Lipinski definition) is 2. The lowest BCUT2D eigenvalue weighted by Crippen LogP contribution is -2.28. The van der Waals surface area contributed by atoms with E-state index in [0.29, 0.717) is 12.3 Å². The molecule has 3 nitrogen and oxygen atoms in total. The lowest BCUT2D eigenvalue weighted by atomic mass is 9.75. The molecular formula is C23H30N2O. The van der Waals surface area contributed by atoms with Crippen LogP contribution < -0.4 is 10.6 Å². The van der Waals surface area contributed by atoms with Gasteiger partial charge in [-0.25, -0.2) is 0 Å². The van der Waals surface area contributed by atoms with Gasteiger partial charge in [0, 0.05) is 19.5 Å². The molecule has 2 aromatic carbocycles. The lowest BCUT2D eigenvalue weighted by molar-refractivity contribution is -0.119. The predicted molar refractivity (Wildman–Crippen MR) is 108 cm³/mol. The van der Waals surface area contributed by atoms with Gasteiger partial charge in [0.1, 0.15) is 0 Å². The Morgan fingerprint density at radius 3 is 2.46 bits per heavy atom. The summed E-state index contributed by atoms with van der Waals surface area (Å²) in [6.07, 6.45) is 1.50. The molecule has 0 saturated carbocycles. The summed E-state index contributed by atoms with van der Waals surface area (Å²) >= 11 is 0. The molecule has 1 aliphatic heterocycles. The minimum atomic E-state index is 0.0449. The smallest absolute Gasteiger partial charge is 0.224 e. The van der Waals surface area contributed by atoms with Gasteiger partial charge in [-0.1, -0.05) is 63.2 Å². The normalized spacial score (nSPS) is 17.3. The van der Waals surface area contributed by atoms with Crippen molar-refractivity contribution in [3.8, 4) is 11.1 Å². The zero-order valence-electron chi connectivity index (χ0n) is 16.4. The molecule has 0 bridgehead atoms. The summed E-state index contributed by atoms with van der Waals surface area (Å²) in [6, 6.07) is 15.3. The molecule has 1 atom stereocenters. The monoisotopic (exact) mass is 350 g/mol. The Balaban J connectivity index is 1.88. The van der Waals surface area contributed by atoms with Crippen LogP contribution in [-0.4, -0.2) is 26.0 Å². The summed E-state index contributed by atoms with van der Waals surface area (Å²) in [4.78, 5) is 11.5. The van der Waals surface area contributed by atoms with Crippen molar-refractivity contribution < 1.29 is 4.79 Å². The fraction of sp³-hybridized carbons (Fsp3) is 0.435. The Morgan fingerprint density at radius 2 is 1.81 bits per heavy atom. The quantitative estimate of drug-likeness (QED) is 0.881. The van der Waals surface area contributed by atoms with E-state index in [0.717, 1.165) is 25.1 Å². The van der Waals surface area contributed by atoms with E-state index in [-0.39, 0.29) is 11.3 Å². The maximum Gasteiger partial charge on any atom is 0.224 e. The molecule has 0 spiro atoms. The summed E-state index contributed by atoms with van der Waals surface area (Å²) in [5.41, 5.74) is 6.70. The maximum atomic E-state index is 11.5. The predicted octanol–water partition coefficient (Wildman–Crippen LogP) is 3.92. The van der Waals surface area contributed by atoms with Crippen LogP contribution in [0, 0.1) is 5.41 Å². The molecular weight excluding hydrogens is 320 g/mol. The first-order valence-electron chi connectivity index (χ1n) is 9.52. The van der Waals surface area contributed by atoms with E-state index in [4.69, 9.17) is 0 Å². The van der Waals surface area contributed by atoms with Gasteiger partial charge in [0.05, 0.1) is 6.42 Å². The maximum absolute atomic E-state index is 11.5. The second-order valence-corrected chi connectivity index (χ2v) is 8.33. The van der Waals surface area contributed by atoms with Crippen molar-refractivity contribution in [1.82, 2.24) is 10.6 Å². The molecule has 3 heteroatoms. The van der Waals surface area contributed by atoms with Gasteiger partial charge in [0.25, 0.3) is 0 Å². The molecule has 0 aromatic heterocycles. The number of carbonyl (C=O) groups excluding carboxylic acids is 1. The molecule has 0 saturated heterocycles. The van der Waals surface area contributed by atoms with Crippen molar-refractivity contribution in [1.29, 1.82) is 0 Å². The van der Waals surface area contributed by atoms with Crippen molar-refractivity contribution in [2.24, 2.45) is 5.41 Å². The lowest BCUT2D eigenvalue weighted by Gasteiger charge is -2.31. The van der Waals surface area contributed by atoms with Crippen LogP contribution in [0.25, 0.3) is 11.1 Å². The van der Waals surface area contributed by atoms with E-state index in [1.807, 2.05) is 0 Å². The highest BCUT2D eigenvalue weighted by molar-refractivity contribution is 5.78. The number of benzene rings is 2. The van der Waals surface area contributed by atoms with Crippen LogP contribution in [-0.2, 0) is 17.6 Å². The first-order chi connectivity index (χ1) is 12.4. The average molecular weight is 351 g/mol. The summed E-state index contributed by atoms with van der Waals surface area (Å²) in [5, 5.41) is 6.27. The number of hydrogen-bond donors (Lipinski definition) is 2. The Bertz CT molecular complexity index is 772. The SMILES string of the molecule is CNC(=O)Cc1ccc(-c2ccc3c(c2)CCNCC3C(C)(C)C)cc1. The van der Waals surface area contributed by atoms with Gasteiger partial charge in [-0.15, -0.1) is 0 Å². The molecule has 1 amide bonds. The topological polar surface area (TPSA) is 41.1 Å². The van der Waals surface area contributed by atoms with Crippen molar-refractivity contribution >= 4 is 5.91 Å². The van der Waals surface area contributed by atoms with E-state index in [1.54, 1.807) is 7.05 Å². The molecule has 1 aliphatic rings. The molecule has 3 rings (SSSR count). The van der Waals surface area contributed by atoms with Crippen LogP contribution in [0.4, 0.5) is 0 Å². The molecule has 26 heavy (non-hydrogen) atoms. The van der Waals surface area contributed by atoms with Gasteiger partial charge < -0.3 is 10.6 Å². The molecule has 1 heterocycles. The highest BCUT2D eigenvalue weighted by atomic mass is 16.1. The molecule has 1 unspecified atom stereocenters. The van der Waals surface area contributed by atoms with Gasteiger partial charge in [-0.2, -0.15) is 0 Å². The van der Waals surface area contributed by atoms with Gasteiger partial charge >= 0.3 is 0 Å². The van der Waals surface area contributed by atoms with Crippen LogP contribution in [0.5, 0.6) is 0 Å². The standard InChI is InChI=1S/C23H30N2O/c1-23(2,3)21-15-25-12-11-19-14-18(9-10-20(19)21)17-7-5-16(6-8-17)13-22(26)24-4/h5-10,14,21,25H,11-13,15H2,1-4H3,(H,24,26). The Morgan fingerprint density at radius 1 is 1.12 bits per heavy atom. The minimum absolute atomic E-state index is 0.0449. The van der Waals surface area contributed by atoms with Gasteiger partial charge in [-0.3, -0.25) is 4.79 Å². The fourth-order valence-electron chi connectivity index (χ4n) is 3.78. The Hall–Kier alpha value is -2.13. The van der Waals surface area contributed by atoms with E-state index in [2.05, 4.69) is 73.9 Å². The van der Waals surface area contributed by atoms with Crippen LogP contribution in [0.15, 0.2) is 42.5 Å². The molecule has 138 valence electrons. The van der Waals surface area contributed by atoms with Crippen molar-refractivity contribution in [3.63, 3.8) is 0 Å². The second kappa shape index (κ2) is 7.63. The van der Waals surface area contributed by atoms with Crippen LogP contribution in [0.2, 0.25) is 0 Å². The molecule has 0 fully saturated rings. The van der Waals surface area contributed by atoms with Gasteiger partial charge in [0.2, 0.25) is 5.91 Å². The highest BCUT2D eigenvalue weighted by Crippen LogP contribution is 2.38. The molecule has 2 aromatic rings. The van der Waals surface area contributed by atoms with Crippen LogP contribution in [0.1, 0.15) is 43.4 Å². The number of likely N-dealkylation sites (N-methyl/N-ethyl adjacent to an activating group) is 1. The third-order valence-electron chi connectivity index (χ3n) is 5.41. The van der Waals surface area contributed by atoms with Gasteiger partial charge in [-0.05, 0) is 46.2 Å². The average Bonchev–Trinajstić information content (AvgIpc) is 2.84. The zero-order chi connectivity index (χ0) is 18.7. The van der Waals surface area contributed by atoms with Crippen molar-refractivity contribution in [2.75, 3.05) is 20.1 Å². The van der Waals surface area contributed by atoms with E-state index in [9.17, 15) is 4.79 Å². The summed E-state index contributed by atoms with van der Waals surface area (Å²) in [7, 11) is 1.67. The zero-order valence-corrected chi connectivity index (χ0v) is 16.4. The molecule has 0 aliphatic carbocycles. The number of nitrogens with one attached hydrogen (secondary N) is 2. The first-order valence-corrected chi connectivity index (χ1v) is 9.52. The summed E-state index contributed by atoms with van der Waals surface area (Å²) < 4.78 is 0. The van der Waals surface area contributed by atoms with E-state index >= 15 is 0 Å². The second-order valence-electron chi connectivity index (χ2n) is 8.33. The number of amides is 1. The summed E-state index contributed by atoms with van der Waals surface area (Å²) in [5.74, 6) is 0.576. The Kier molecular flexibility index (Phi) is 5.47. The van der Waals surface area contributed by atoms with E-state index < -0.39 is 0 Å².